The molecule has 0 saturated heterocycles. The number of carbonyl (C=O) groups is 1. The molecule has 0 aliphatic rings. The number of para-hydroxylation sites is 1. The van der Waals surface area contributed by atoms with Crippen molar-refractivity contribution >= 4 is 40.2 Å². The summed E-state index contributed by atoms with van der Waals surface area (Å²) in [6, 6.07) is 23.1. The fourth-order valence-electron chi connectivity index (χ4n) is 3.62. The zero-order chi connectivity index (χ0) is 22.8. The number of thioether (sulfide) groups is 1. The molecule has 0 saturated carbocycles. The number of aromatic nitrogens is 4. The van der Waals surface area contributed by atoms with Gasteiger partial charge in [-0.3, -0.25) is 4.57 Å². The van der Waals surface area contributed by atoms with Gasteiger partial charge in [-0.25, -0.2) is 4.79 Å². The number of rotatable bonds is 6. The molecule has 1 N–H and O–H groups in total. The summed E-state index contributed by atoms with van der Waals surface area (Å²) in [5, 5.41) is 11.6. The van der Waals surface area contributed by atoms with Crippen molar-refractivity contribution < 1.29 is 9.53 Å². The maximum Gasteiger partial charge on any atom is 0.337 e. The fraction of sp³-hybridized carbons (Fsp3) is 0.0800. The van der Waals surface area contributed by atoms with Crippen molar-refractivity contribution in [1.29, 1.82) is 0 Å². The van der Waals surface area contributed by atoms with Gasteiger partial charge in [0.2, 0.25) is 0 Å². The van der Waals surface area contributed by atoms with Crippen LogP contribution in [0.4, 0.5) is 0 Å². The van der Waals surface area contributed by atoms with E-state index in [1.54, 1.807) is 23.9 Å². The van der Waals surface area contributed by atoms with Crippen LogP contribution in [0.1, 0.15) is 15.9 Å². The summed E-state index contributed by atoms with van der Waals surface area (Å²) in [5.74, 6) is 1.07. The van der Waals surface area contributed by atoms with Crippen molar-refractivity contribution in [3.63, 3.8) is 0 Å². The Balaban J connectivity index is 1.51. The van der Waals surface area contributed by atoms with Crippen LogP contribution in [0, 0.1) is 0 Å². The Hall–Kier alpha value is -3.55. The van der Waals surface area contributed by atoms with Crippen LogP contribution in [0.5, 0.6) is 0 Å². The van der Waals surface area contributed by atoms with E-state index in [1.807, 2.05) is 65.4 Å². The average Bonchev–Trinajstić information content (AvgIpc) is 3.47. The number of esters is 1. The largest absolute Gasteiger partial charge is 0.465 e. The Bertz CT molecular complexity index is 1430. The first-order valence-electron chi connectivity index (χ1n) is 10.2. The number of halogens is 1. The molecule has 0 aliphatic carbocycles. The van der Waals surface area contributed by atoms with Gasteiger partial charge in [0.15, 0.2) is 11.0 Å². The monoisotopic (exact) mass is 474 g/mol. The molecule has 6 nitrogen and oxygen atoms in total. The Labute approximate surface area is 199 Å². The van der Waals surface area contributed by atoms with Crippen LogP contribution in [0.25, 0.3) is 28.0 Å². The second-order valence-corrected chi connectivity index (χ2v) is 8.72. The van der Waals surface area contributed by atoms with Crippen LogP contribution in [-0.4, -0.2) is 32.8 Å². The minimum atomic E-state index is -0.347. The highest BCUT2D eigenvalue weighted by Gasteiger charge is 2.19. The second-order valence-electron chi connectivity index (χ2n) is 7.34. The maximum atomic E-state index is 11.7. The van der Waals surface area contributed by atoms with Crippen LogP contribution >= 0.6 is 23.4 Å². The lowest BCUT2D eigenvalue weighted by atomic mass is 10.1. The van der Waals surface area contributed by atoms with E-state index in [2.05, 4.69) is 21.2 Å². The molecular weight excluding hydrogens is 456 g/mol. The zero-order valence-electron chi connectivity index (χ0n) is 17.7. The van der Waals surface area contributed by atoms with E-state index < -0.39 is 0 Å². The molecule has 0 unspecified atom stereocenters. The van der Waals surface area contributed by atoms with Crippen LogP contribution in [0.2, 0.25) is 5.02 Å². The van der Waals surface area contributed by atoms with Crippen molar-refractivity contribution in [3.8, 4) is 17.1 Å². The Morgan fingerprint density at radius 3 is 2.55 bits per heavy atom. The molecule has 2 aromatic heterocycles. The van der Waals surface area contributed by atoms with Gasteiger partial charge in [-0.2, -0.15) is 0 Å². The molecule has 164 valence electrons. The number of hydrogen-bond donors (Lipinski definition) is 1. The minimum absolute atomic E-state index is 0.347. The Morgan fingerprint density at radius 1 is 1.03 bits per heavy atom. The molecule has 3 aromatic carbocycles. The number of methoxy groups -OCH3 is 1. The first-order chi connectivity index (χ1) is 16.1. The van der Waals surface area contributed by atoms with Gasteiger partial charge in [0.1, 0.15) is 0 Å². The van der Waals surface area contributed by atoms with Gasteiger partial charge in [-0.05, 0) is 48.0 Å². The number of benzene rings is 3. The SMILES string of the molecule is COC(=O)c1ccc(CSc2nnc(-c3c[nH]c4ccccc34)n2-c2ccc(Cl)cc2)cc1. The Morgan fingerprint density at radius 2 is 1.79 bits per heavy atom. The predicted octanol–water partition coefficient (Wildman–Crippen LogP) is 6.15. The third kappa shape index (κ3) is 4.25. The lowest BCUT2D eigenvalue weighted by molar-refractivity contribution is 0.0600. The molecular formula is C25H19ClN4O2S. The molecule has 2 heterocycles. The number of carbonyl (C=O) groups excluding carboxylic acids is 1. The van der Waals surface area contributed by atoms with Crippen molar-refractivity contribution in [2.45, 2.75) is 10.9 Å². The lowest BCUT2D eigenvalue weighted by Crippen LogP contribution is -2.01. The maximum absolute atomic E-state index is 11.7. The van der Waals surface area contributed by atoms with Gasteiger partial charge in [-0.1, -0.05) is 53.7 Å². The lowest BCUT2D eigenvalue weighted by Gasteiger charge is -2.10. The van der Waals surface area contributed by atoms with E-state index in [4.69, 9.17) is 16.3 Å². The standard InChI is InChI=1S/C25H19ClN4O2S/c1-32-24(31)17-8-6-16(7-9-17)15-33-25-29-28-23(30(25)19-12-10-18(26)11-13-19)21-14-27-22-5-3-2-4-20(21)22/h2-14,27H,15H2,1H3. The van der Waals surface area contributed by atoms with Gasteiger partial charge in [0.05, 0.1) is 12.7 Å². The third-order valence-corrected chi connectivity index (χ3v) is 6.54. The van der Waals surface area contributed by atoms with Crippen LogP contribution in [0.3, 0.4) is 0 Å². The van der Waals surface area contributed by atoms with E-state index >= 15 is 0 Å². The molecule has 0 fully saturated rings. The molecule has 0 radical (unpaired) electrons. The Kier molecular flexibility index (Phi) is 5.90. The highest BCUT2D eigenvalue weighted by molar-refractivity contribution is 7.98. The highest BCUT2D eigenvalue weighted by Crippen LogP contribution is 2.33. The van der Waals surface area contributed by atoms with Crippen LogP contribution in [0.15, 0.2) is 84.1 Å². The molecule has 8 heteroatoms. The number of H-pyrrole nitrogens is 1. The smallest absolute Gasteiger partial charge is 0.337 e. The first-order valence-corrected chi connectivity index (χ1v) is 11.6. The van der Waals surface area contributed by atoms with Crippen LogP contribution in [-0.2, 0) is 10.5 Å². The number of nitrogens with one attached hydrogen (secondary N) is 1. The summed E-state index contributed by atoms with van der Waals surface area (Å²) in [6.07, 6.45) is 1.96. The normalized spacial score (nSPS) is 11.1. The summed E-state index contributed by atoms with van der Waals surface area (Å²) in [5.41, 5.74) is 4.53. The van der Waals surface area contributed by atoms with E-state index in [1.165, 1.54) is 7.11 Å². The zero-order valence-corrected chi connectivity index (χ0v) is 19.2. The third-order valence-electron chi connectivity index (χ3n) is 5.29. The van der Waals surface area contributed by atoms with Gasteiger partial charge in [0.25, 0.3) is 0 Å². The van der Waals surface area contributed by atoms with E-state index in [0.717, 1.165) is 38.7 Å². The molecule has 5 rings (SSSR count). The molecule has 33 heavy (non-hydrogen) atoms. The van der Waals surface area contributed by atoms with Crippen molar-refractivity contribution in [1.82, 2.24) is 19.7 Å². The number of fused-ring (bicyclic) bond motifs is 1. The van der Waals surface area contributed by atoms with Crippen molar-refractivity contribution in [2.24, 2.45) is 0 Å². The van der Waals surface area contributed by atoms with Crippen molar-refractivity contribution in [3.05, 3.63) is 95.1 Å². The quantitative estimate of drug-likeness (QED) is 0.236. The van der Waals surface area contributed by atoms with E-state index in [0.29, 0.717) is 16.3 Å². The first kappa shape index (κ1) is 21.3. The molecule has 0 aliphatic heterocycles. The minimum Gasteiger partial charge on any atom is -0.465 e. The van der Waals surface area contributed by atoms with Gasteiger partial charge < -0.3 is 9.72 Å². The number of nitrogens with zero attached hydrogens (tertiary/aromatic N) is 3. The summed E-state index contributed by atoms with van der Waals surface area (Å²) < 4.78 is 6.81. The second kappa shape index (κ2) is 9.13. The molecule has 0 bridgehead atoms. The van der Waals surface area contributed by atoms with Crippen LogP contribution < -0.4 is 0 Å². The average molecular weight is 475 g/mol. The molecule has 0 amide bonds. The summed E-state index contributed by atoms with van der Waals surface area (Å²) in [4.78, 5) is 15.0. The van der Waals surface area contributed by atoms with Crippen molar-refractivity contribution in [2.75, 3.05) is 7.11 Å². The molecule has 0 spiro atoms. The van der Waals surface area contributed by atoms with Gasteiger partial charge in [0, 0.05) is 39.1 Å². The number of hydrogen-bond acceptors (Lipinski definition) is 5. The summed E-state index contributed by atoms with van der Waals surface area (Å²) in [7, 11) is 1.38. The van der Waals surface area contributed by atoms with Gasteiger partial charge in [-0.15, -0.1) is 10.2 Å². The summed E-state index contributed by atoms with van der Waals surface area (Å²) in [6.45, 7) is 0. The highest BCUT2D eigenvalue weighted by atomic mass is 35.5. The number of ether oxygens (including phenoxy) is 1. The molecule has 0 atom stereocenters. The summed E-state index contributed by atoms with van der Waals surface area (Å²) >= 11 is 7.71. The topological polar surface area (TPSA) is 72.8 Å². The predicted molar refractivity (Wildman–Crippen MR) is 131 cm³/mol. The number of aromatic amines is 1. The molecule has 5 aromatic rings. The van der Waals surface area contributed by atoms with E-state index in [9.17, 15) is 4.79 Å². The van der Waals surface area contributed by atoms with Gasteiger partial charge >= 0.3 is 5.97 Å². The van der Waals surface area contributed by atoms with E-state index in [-0.39, 0.29) is 5.97 Å². The fourth-order valence-corrected chi connectivity index (χ4v) is 4.65.